The average Bonchev–Trinajstić information content (AvgIpc) is 3.47. The predicted molar refractivity (Wildman–Crippen MR) is 168 cm³/mol. The van der Waals surface area contributed by atoms with Crippen LogP contribution in [0.1, 0.15) is 45.1 Å². The summed E-state index contributed by atoms with van der Waals surface area (Å²) < 4.78 is 35.2. The highest BCUT2D eigenvalue weighted by molar-refractivity contribution is 7.92. The van der Waals surface area contributed by atoms with Crippen molar-refractivity contribution in [1.82, 2.24) is 15.0 Å². The van der Waals surface area contributed by atoms with Crippen molar-refractivity contribution in [2.75, 3.05) is 36.4 Å². The number of aliphatic hydroxyl groups is 1. The van der Waals surface area contributed by atoms with Gasteiger partial charge in [-0.15, -0.1) is 0 Å². The molecule has 0 unspecified atom stereocenters. The van der Waals surface area contributed by atoms with Gasteiger partial charge in [-0.1, -0.05) is 68.4 Å². The van der Waals surface area contributed by atoms with Gasteiger partial charge in [-0.2, -0.15) is 8.42 Å². The summed E-state index contributed by atoms with van der Waals surface area (Å²) in [5.74, 6) is 0.673. The van der Waals surface area contributed by atoms with Crippen LogP contribution in [0.3, 0.4) is 0 Å². The largest absolute Gasteiger partial charge is 0.487 e. The molecule has 0 atom stereocenters. The van der Waals surface area contributed by atoms with Crippen LogP contribution in [-0.4, -0.2) is 55.3 Å². The first-order valence-electron chi connectivity index (χ1n) is 14.1. The van der Waals surface area contributed by atoms with Crippen LogP contribution in [0.4, 0.5) is 11.6 Å². The Bertz CT molecular complexity index is 1640. The van der Waals surface area contributed by atoms with E-state index in [9.17, 15) is 13.5 Å². The van der Waals surface area contributed by atoms with Crippen LogP contribution in [0.5, 0.6) is 5.06 Å². The Labute approximate surface area is 251 Å². The minimum absolute atomic E-state index is 0.0116. The van der Waals surface area contributed by atoms with Crippen molar-refractivity contribution in [1.29, 1.82) is 0 Å². The van der Waals surface area contributed by atoms with Gasteiger partial charge in [-0.3, -0.25) is 4.72 Å². The van der Waals surface area contributed by atoms with Crippen LogP contribution in [0.15, 0.2) is 65.8 Å². The molecule has 42 heavy (non-hydrogen) atoms. The number of hydrogen-bond acceptors (Lipinski definition) is 9. The molecule has 1 aliphatic rings. The normalized spacial score (nSPS) is 15.8. The van der Waals surface area contributed by atoms with E-state index in [1.54, 1.807) is 13.2 Å². The summed E-state index contributed by atoms with van der Waals surface area (Å²) >= 11 is 1.46. The van der Waals surface area contributed by atoms with E-state index in [1.165, 1.54) is 23.6 Å². The standard InChI is InChI=1S/C31H37N5O4S2/c1-31(2,21-37)20-36-18-9-5-4-6-11-22-12-7-8-13-23(22)29-30(24-16-17-28(40-3)41-24)32-19-25(33-29)35-42(38,39)27-15-10-14-26(36)34-27/h7-8,10,12-17,19,37H,4-6,9,11,18,20-21H2,1-3H3,(H,33,35). The number of aliphatic hydroxyl groups excluding tert-OH is 1. The Morgan fingerprint density at radius 1 is 1.00 bits per heavy atom. The second-order valence-corrected chi connectivity index (χ2v) is 14.0. The number of pyridine rings is 1. The molecule has 0 fully saturated rings. The van der Waals surface area contributed by atoms with Gasteiger partial charge < -0.3 is 14.7 Å². The molecule has 4 aromatic rings. The van der Waals surface area contributed by atoms with Gasteiger partial charge in [0.25, 0.3) is 10.0 Å². The zero-order valence-electron chi connectivity index (χ0n) is 24.2. The first kappa shape index (κ1) is 29.9. The van der Waals surface area contributed by atoms with Crippen LogP contribution in [-0.2, 0) is 16.4 Å². The maximum absolute atomic E-state index is 13.6. The smallest absolute Gasteiger partial charge is 0.280 e. The summed E-state index contributed by atoms with van der Waals surface area (Å²) in [5, 5.41) is 10.6. The Morgan fingerprint density at radius 2 is 1.81 bits per heavy atom. The molecule has 4 heterocycles. The van der Waals surface area contributed by atoms with Crippen molar-refractivity contribution in [3.63, 3.8) is 0 Å². The lowest BCUT2D eigenvalue weighted by atomic mass is 9.94. The maximum atomic E-state index is 13.6. The molecular weight excluding hydrogens is 571 g/mol. The highest BCUT2D eigenvalue weighted by Crippen LogP contribution is 2.38. The van der Waals surface area contributed by atoms with E-state index in [0.717, 1.165) is 53.2 Å². The Morgan fingerprint density at radius 3 is 2.60 bits per heavy atom. The summed E-state index contributed by atoms with van der Waals surface area (Å²) in [6.07, 6.45) is 6.32. The van der Waals surface area contributed by atoms with E-state index in [-0.39, 0.29) is 22.9 Å². The quantitative estimate of drug-likeness (QED) is 0.283. The fourth-order valence-corrected chi connectivity index (χ4v) is 6.83. The van der Waals surface area contributed by atoms with Gasteiger partial charge in [0.05, 0.1) is 18.2 Å². The highest BCUT2D eigenvalue weighted by Gasteiger charge is 2.25. The molecule has 5 rings (SSSR count). The number of thiophene rings is 1. The van der Waals surface area contributed by atoms with E-state index in [2.05, 4.69) is 20.7 Å². The number of anilines is 2. The van der Waals surface area contributed by atoms with Gasteiger partial charge >= 0.3 is 0 Å². The fourth-order valence-electron chi connectivity index (χ4n) is 5.07. The molecule has 9 nitrogen and oxygen atoms in total. The molecule has 0 amide bonds. The van der Waals surface area contributed by atoms with Crippen molar-refractivity contribution in [3.05, 3.63) is 66.4 Å². The molecule has 222 valence electrons. The number of sulfonamides is 1. The van der Waals surface area contributed by atoms with Crippen LogP contribution < -0.4 is 14.4 Å². The van der Waals surface area contributed by atoms with Gasteiger partial charge in [0, 0.05) is 30.7 Å². The molecule has 1 aromatic carbocycles. The molecule has 4 bridgehead atoms. The van der Waals surface area contributed by atoms with Crippen molar-refractivity contribution in [2.24, 2.45) is 5.41 Å². The monoisotopic (exact) mass is 607 g/mol. The molecule has 1 aliphatic heterocycles. The van der Waals surface area contributed by atoms with Crippen LogP contribution in [0, 0.1) is 5.41 Å². The van der Waals surface area contributed by atoms with E-state index >= 15 is 0 Å². The van der Waals surface area contributed by atoms with Crippen molar-refractivity contribution in [2.45, 2.75) is 51.0 Å². The summed E-state index contributed by atoms with van der Waals surface area (Å²) in [7, 11) is -2.45. The third-order valence-electron chi connectivity index (χ3n) is 7.28. The minimum atomic E-state index is -4.08. The van der Waals surface area contributed by atoms with Crippen molar-refractivity contribution in [3.8, 4) is 26.9 Å². The van der Waals surface area contributed by atoms with Gasteiger partial charge in [0.2, 0.25) is 0 Å². The van der Waals surface area contributed by atoms with Gasteiger partial charge in [-0.05, 0) is 49.1 Å². The first-order chi connectivity index (χ1) is 20.2. The van der Waals surface area contributed by atoms with Gasteiger partial charge in [-0.25, -0.2) is 15.0 Å². The van der Waals surface area contributed by atoms with E-state index in [0.29, 0.717) is 30.3 Å². The molecule has 0 aliphatic carbocycles. The second kappa shape index (κ2) is 12.8. The Hall–Kier alpha value is -3.54. The van der Waals surface area contributed by atoms with E-state index in [4.69, 9.17) is 14.7 Å². The van der Waals surface area contributed by atoms with E-state index < -0.39 is 10.0 Å². The lowest BCUT2D eigenvalue weighted by Crippen LogP contribution is -2.38. The number of ether oxygens (including phenoxy) is 1. The molecule has 0 spiro atoms. The summed E-state index contributed by atoms with van der Waals surface area (Å²) in [4.78, 5) is 17.1. The number of nitrogens with zero attached hydrogens (tertiary/aromatic N) is 4. The lowest BCUT2D eigenvalue weighted by Gasteiger charge is -2.32. The number of hydrogen-bond donors (Lipinski definition) is 2. The third-order valence-corrected chi connectivity index (χ3v) is 9.59. The molecule has 11 heteroatoms. The first-order valence-corrected chi connectivity index (χ1v) is 16.4. The number of nitrogens with one attached hydrogen (secondary N) is 1. The van der Waals surface area contributed by atoms with E-state index in [1.807, 2.05) is 50.2 Å². The molecule has 0 saturated heterocycles. The van der Waals surface area contributed by atoms with Crippen molar-refractivity contribution >= 4 is 33.0 Å². The van der Waals surface area contributed by atoms with Crippen LogP contribution in [0.25, 0.3) is 21.8 Å². The van der Waals surface area contributed by atoms with Crippen LogP contribution in [0.2, 0.25) is 0 Å². The molecule has 0 saturated carbocycles. The zero-order chi connectivity index (χ0) is 29.7. The summed E-state index contributed by atoms with van der Waals surface area (Å²) in [6, 6.07) is 16.9. The van der Waals surface area contributed by atoms with Crippen molar-refractivity contribution < 1.29 is 18.3 Å². The second-order valence-electron chi connectivity index (χ2n) is 11.3. The van der Waals surface area contributed by atoms with Crippen LogP contribution >= 0.6 is 11.3 Å². The summed E-state index contributed by atoms with van der Waals surface area (Å²) in [6.45, 7) is 5.24. The number of rotatable bonds is 5. The number of fused-ring (bicyclic) bond motifs is 6. The molecule has 2 N–H and O–H groups in total. The predicted octanol–water partition coefficient (Wildman–Crippen LogP) is 6.02. The number of aryl methyl sites for hydroxylation is 1. The highest BCUT2D eigenvalue weighted by atomic mass is 32.2. The minimum Gasteiger partial charge on any atom is -0.487 e. The average molecular weight is 608 g/mol. The zero-order valence-corrected chi connectivity index (χ0v) is 25.8. The van der Waals surface area contributed by atoms with Gasteiger partial charge in [0.15, 0.2) is 15.9 Å². The Balaban J connectivity index is 1.60. The Kier molecular flexibility index (Phi) is 9.10. The van der Waals surface area contributed by atoms with Gasteiger partial charge in [0.1, 0.15) is 17.2 Å². The molecular formula is C31H37N5O4S2. The maximum Gasteiger partial charge on any atom is 0.280 e. The molecule has 3 aromatic heterocycles. The number of aromatic nitrogens is 3. The topological polar surface area (TPSA) is 118 Å². The SMILES string of the molecule is COc1ccc(-c2ncc3nc2-c2ccccc2CCCCCCN(CC(C)(C)CO)c2cccc(n2)S(=O)(=O)N3)s1. The third kappa shape index (κ3) is 6.91. The number of methoxy groups -OCH3 is 1. The lowest BCUT2D eigenvalue weighted by molar-refractivity contribution is 0.163. The fraction of sp³-hybridized carbons (Fsp3) is 0.387. The molecule has 0 radical (unpaired) electrons. The number of benzene rings is 1. The summed E-state index contributed by atoms with van der Waals surface area (Å²) in [5.41, 5.74) is 2.96.